The van der Waals surface area contributed by atoms with Crippen molar-refractivity contribution in [2.24, 2.45) is 0 Å². The number of hydrogen-bond acceptors (Lipinski definition) is 4. The van der Waals surface area contributed by atoms with Gasteiger partial charge in [-0.15, -0.1) is 0 Å². The fourth-order valence-electron chi connectivity index (χ4n) is 1.88. The Kier molecular flexibility index (Phi) is 5.36. The molecule has 2 aromatic carbocycles. The van der Waals surface area contributed by atoms with Crippen LogP contribution in [0.5, 0.6) is 5.75 Å². The maximum absolute atomic E-state index is 12.0. The van der Waals surface area contributed by atoms with E-state index in [1.165, 1.54) is 12.1 Å². The van der Waals surface area contributed by atoms with Gasteiger partial charge in [-0.2, -0.15) is 0 Å². The van der Waals surface area contributed by atoms with Crippen LogP contribution in [0, 0.1) is 0 Å². The summed E-state index contributed by atoms with van der Waals surface area (Å²) in [6.07, 6.45) is -0.212. The van der Waals surface area contributed by atoms with Crippen molar-refractivity contribution in [3.63, 3.8) is 0 Å². The van der Waals surface area contributed by atoms with E-state index in [1.807, 2.05) is 6.92 Å². The normalized spacial score (nSPS) is 13.2. The van der Waals surface area contributed by atoms with Gasteiger partial charge in [0.15, 0.2) is 0 Å². The summed E-state index contributed by atoms with van der Waals surface area (Å²) in [5, 5.41) is 0. The first-order valence-corrected chi connectivity index (χ1v) is 8.59. The van der Waals surface area contributed by atoms with E-state index in [9.17, 15) is 14.3 Å². The Balaban J connectivity index is 2.02. The molecule has 0 bridgehead atoms. The second-order valence-electron chi connectivity index (χ2n) is 4.62. The number of ether oxygens (including phenoxy) is 1. The average molecular weight is 320 g/mol. The molecule has 5 nitrogen and oxygen atoms in total. The lowest BCUT2D eigenvalue weighted by Crippen LogP contribution is -2.05. The molecule has 0 aliphatic rings. The third kappa shape index (κ3) is 4.72. The fourth-order valence-corrected chi connectivity index (χ4v) is 2.98. The molecule has 6 heteroatoms. The molecule has 1 N–H and O–H groups in total. The van der Waals surface area contributed by atoms with E-state index in [-0.39, 0.29) is 11.7 Å². The van der Waals surface area contributed by atoms with Crippen LogP contribution >= 0.6 is 7.60 Å². The van der Waals surface area contributed by atoms with Gasteiger partial charge in [-0.25, -0.2) is 9.36 Å². The van der Waals surface area contributed by atoms with Gasteiger partial charge in [0, 0.05) is 0 Å². The number of rotatable bonds is 6. The van der Waals surface area contributed by atoms with Crippen molar-refractivity contribution in [3.8, 4) is 5.75 Å². The molecule has 0 heterocycles. The molecule has 0 aromatic heterocycles. The maximum atomic E-state index is 12.0. The van der Waals surface area contributed by atoms with Gasteiger partial charge in [0.1, 0.15) is 5.75 Å². The van der Waals surface area contributed by atoms with E-state index in [2.05, 4.69) is 0 Å². The van der Waals surface area contributed by atoms with Crippen molar-refractivity contribution in [1.29, 1.82) is 0 Å². The van der Waals surface area contributed by atoms with Gasteiger partial charge in [0.2, 0.25) is 0 Å². The predicted octanol–water partition coefficient (Wildman–Crippen LogP) is 3.63. The van der Waals surface area contributed by atoms with Gasteiger partial charge in [0.25, 0.3) is 0 Å². The lowest BCUT2D eigenvalue weighted by atomic mass is 10.2. The van der Waals surface area contributed by atoms with Crippen molar-refractivity contribution < 1.29 is 23.5 Å². The van der Waals surface area contributed by atoms with Crippen LogP contribution in [0.25, 0.3) is 0 Å². The van der Waals surface area contributed by atoms with Crippen LogP contribution in [0.15, 0.2) is 54.6 Å². The average Bonchev–Trinajstić information content (AvgIpc) is 2.48. The van der Waals surface area contributed by atoms with Crippen molar-refractivity contribution >= 4 is 13.6 Å². The topological polar surface area (TPSA) is 72.8 Å². The highest BCUT2D eigenvalue weighted by molar-refractivity contribution is 7.52. The highest BCUT2D eigenvalue weighted by Gasteiger charge is 2.25. The maximum Gasteiger partial charge on any atom is 0.383 e. The molecule has 2 rings (SSSR count). The minimum absolute atomic E-state index is 0.200. The number of hydrogen-bond donors (Lipinski definition) is 1. The van der Waals surface area contributed by atoms with E-state index in [1.54, 1.807) is 42.5 Å². The third-order valence-electron chi connectivity index (χ3n) is 2.85. The van der Waals surface area contributed by atoms with Gasteiger partial charge < -0.3 is 14.2 Å². The Morgan fingerprint density at radius 1 is 1.09 bits per heavy atom. The first kappa shape index (κ1) is 16.3. The summed E-state index contributed by atoms with van der Waals surface area (Å²) in [4.78, 5) is 21.8. The quantitative estimate of drug-likeness (QED) is 0.823. The lowest BCUT2D eigenvalue weighted by Gasteiger charge is -2.12. The summed E-state index contributed by atoms with van der Waals surface area (Å²) < 4.78 is 22.0. The van der Waals surface area contributed by atoms with Crippen LogP contribution in [0.2, 0.25) is 0 Å². The van der Waals surface area contributed by atoms with Crippen molar-refractivity contribution in [3.05, 3.63) is 65.7 Å². The summed E-state index contributed by atoms with van der Waals surface area (Å²) in [6, 6.07) is 14.9. The van der Waals surface area contributed by atoms with Gasteiger partial charge in [-0.1, -0.05) is 30.3 Å². The zero-order valence-electron chi connectivity index (χ0n) is 12.1. The van der Waals surface area contributed by atoms with Gasteiger partial charge in [-0.3, -0.25) is 0 Å². The lowest BCUT2D eigenvalue weighted by molar-refractivity contribution is 0.0716. The van der Waals surface area contributed by atoms with Crippen LogP contribution in [0.1, 0.15) is 22.8 Å². The van der Waals surface area contributed by atoms with E-state index in [0.29, 0.717) is 17.9 Å². The highest BCUT2D eigenvalue weighted by Crippen LogP contribution is 2.46. The summed E-state index contributed by atoms with van der Waals surface area (Å²) in [5.41, 5.74) is 0.832. The zero-order valence-corrected chi connectivity index (χ0v) is 13.0. The largest absolute Gasteiger partial charge is 0.494 e. The molecule has 0 spiro atoms. The van der Waals surface area contributed by atoms with Crippen molar-refractivity contribution in [2.45, 2.75) is 13.1 Å². The Labute approximate surface area is 129 Å². The van der Waals surface area contributed by atoms with Gasteiger partial charge in [0.05, 0.1) is 18.3 Å². The molecule has 0 fully saturated rings. The molecule has 2 aromatic rings. The standard InChI is InChI=1S/C16H17O5P/c1-2-20-15-10-8-14(9-11-15)16(17)21-22(18,19)12-13-6-4-3-5-7-13/h3-11H,2,12H2,1H3,(H,18,19). The second kappa shape index (κ2) is 7.25. The van der Waals surface area contributed by atoms with Crippen LogP contribution in [-0.2, 0) is 15.3 Å². The molecule has 22 heavy (non-hydrogen) atoms. The molecule has 1 atom stereocenters. The SMILES string of the molecule is CCOc1ccc(C(=O)OP(=O)(O)Cc2ccccc2)cc1. The minimum atomic E-state index is -4.04. The molecule has 0 saturated carbocycles. The Hall–Kier alpha value is -2.10. The smallest absolute Gasteiger partial charge is 0.383 e. The molecule has 0 aliphatic carbocycles. The highest BCUT2D eigenvalue weighted by atomic mass is 31.2. The first-order chi connectivity index (χ1) is 10.5. The Morgan fingerprint density at radius 3 is 2.32 bits per heavy atom. The van der Waals surface area contributed by atoms with Gasteiger partial charge in [-0.05, 0) is 36.8 Å². The monoisotopic (exact) mass is 320 g/mol. The Morgan fingerprint density at radius 2 is 1.73 bits per heavy atom. The summed E-state index contributed by atoms with van der Waals surface area (Å²) in [6.45, 7) is 2.38. The zero-order chi connectivity index (χ0) is 16.0. The van der Waals surface area contributed by atoms with Gasteiger partial charge >= 0.3 is 13.6 Å². The molecular weight excluding hydrogens is 303 g/mol. The fraction of sp³-hybridized carbons (Fsp3) is 0.188. The molecule has 0 saturated heterocycles. The Bertz CT molecular complexity index is 667. The number of carbonyl (C=O) groups excluding carboxylic acids is 1. The van der Waals surface area contributed by atoms with Crippen LogP contribution in [0.3, 0.4) is 0 Å². The second-order valence-corrected chi connectivity index (χ2v) is 6.39. The summed E-state index contributed by atoms with van der Waals surface area (Å²) >= 11 is 0. The van der Waals surface area contributed by atoms with E-state index >= 15 is 0 Å². The van der Waals surface area contributed by atoms with E-state index in [4.69, 9.17) is 9.26 Å². The minimum Gasteiger partial charge on any atom is -0.494 e. The van der Waals surface area contributed by atoms with E-state index in [0.717, 1.165) is 0 Å². The molecule has 1 unspecified atom stereocenters. The number of benzene rings is 2. The summed E-state index contributed by atoms with van der Waals surface area (Å²) in [7, 11) is -4.04. The molecule has 0 radical (unpaired) electrons. The van der Waals surface area contributed by atoms with Crippen LogP contribution < -0.4 is 4.74 Å². The van der Waals surface area contributed by atoms with Crippen LogP contribution in [0.4, 0.5) is 0 Å². The third-order valence-corrected chi connectivity index (χ3v) is 4.07. The first-order valence-electron chi connectivity index (χ1n) is 6.83. The number of carbonyl (C=O) groups is 1. The van der Waals surface area contributed by atoms with E-state index < -0.39 is 13.6 Å². The van der Waals surface area contributed by atoms with Crippen molar-refractivity contribution in [1.82, 2.24) is 0 Å². The van der Waals surface area contributed by atoms with Crippen molar-refractivity contribution in [2.75, 3.05) is 6.61 Å². The predicted molar refractivity (Wildman–Crippen MR) is 83.0 cm³/mol. The molecule has 0 amide bonds. The molecular formula is C16H17O5P. The molecule has 116 valence electrons. The van der Waals surface area contributed by atoms with Crippen LogP contribution in [-0.4, -0.2) is 17.5 Å². The molecule has 0 aliphatic heterocycles. The summed E-state index contributed by atoms with van der Waals surface area (Å²) in [5.74, 6) is -0.208.